The molecule has 0 amide bonds. The van der Waals surface area contributed by atoms with Crippen molar-refractivity contribution < 1.29 is 14.3 Å². The van der Waals surface area contributed by atoms with Crippen LogP contribution in [0.1, 0.15) is 36.0 Å². The molecule has 2 unspecified atom stereocenters. The number of aliphatic hydroxyl groups is 1. The lowest BCUT2D eigenvalue weighted by atomic mass is 10.1. The predicted octanol–water partition coefficient (Wildman–Crippen LogP) is 3.37. The van der Waals surface area contributed by atoms with Gasteiger partial charge in [0.1, 0.15) is 11.9 Å². The topological polar surface area (TPSA) is 79.0 Å². The molecular weight excluding hydrogens is 386 g/mol. The van der Waals surface area contributed by atoms with Crippen LogP contribution in [0.3, 0.4) is 0 Å². The average Bonchev–Trinajstić information content (AvgIpc) is 3.36. The van der Waals surface area contributed by atoms with Gasteiger partial charge in [0, 0.05) is 31.0 Å². The van der Waals surface area contributed by atoms with Gasteiger partial charge in [0.15, 0.2) is 5.96 Å². The molecule has 0 aromatic carbocycles. The standard InChI is InChI=1S/C19H26ClN3O3S/c20-18-7-6-17(27-18)16(24)13-23-19(21-9-8-14-5-3-11-25-14)22-12-15-4-1-2-10-26-15/h3,5-7,11,15-16,24H,1-2,4,8-10,12-13H2,(H2,21,22,23). The van der Waals surface area contributed by atoms with Gasteiger partial charge in [-0.1, -0.05) is 11.6 Å². The van der Waals surface area contributed by atoms with Crippen LogP contribution in [-0.2, 0) is 11.2 Å². The number of ether oxygens (including phenoxy) is 1. The number of thiophene rings is 1. The number of aliphatic imine (C=N–C) groups is 1. The van der Waals surface area contributed by atoms with E-state index in [-0.39, 0.29) is 12.6 Å². The Morgan fingerprint density at radius 2 is 2.26 bits per heavy atom. The normalized spacial score (nSPS) is 19.0. The van der Waals surface area contributed by atoms with Crippen molar-refractivity contribution in [2.75, 3.05) is 26.2 Å². The zero-order chi connectivity index (χ0) is 18.9. The van der Waals surface area contributed by atoms with Crippen LogP contribution >= 0.6 is 22.9 Å². The highest BCUT2D eigenvalue weighted by atomic mass is 35.5. The van der Waals surface area contributed by atoms with Gasteiger partial charge >= 0.3 is 0 Å². The van der Waals surface area contributed by atoms with Crippen molar-refractivity contribution in [2.45, 2.75) is 37.9 Å². The number of nitrogens with one attached hydrogen (secondary N) is 2. The average molecular weight is 412 g/mol. The zero-order valence-electron chi connectivity index (χ0n) is 15.2. The second-order valence-corrected chi connectivity index (χ2v) is 8.22. The molecule has 0 spiro atoms. The molecule has 0 aliphatic carbocycles. The van der Waals surface area contributed by atoms with Crippen LogP contribution in [-0.4, -0.2) is 43.4 Å². The first kappa shape index (κ1) is 20.2. The fraction of sp³-hybridized carbons (Fsp3) is 0.526. The molecule has 0 radical (unpaired) electrons. The first-order chi connectivity index (χ1) is 13.2. The van der Waals surface area contributed by atoms with Gasteiger partial charge in [-0.2, -0.15) is 0 Å². The molecule has 8 heteroatoms. The Labute approximate surface area is 168 Å². The molecule has 148 valence electrons. The Morgan fingerprint density at radius 3 is 2.96 bits per heavy atom. The summed E-state index contributed by atoms with van der Waals surface area (Å²) in [6.07, 6.45) is 5.36. The van der Waals surface area contributed by atoms with Crippen molar-refractivity contribution in [1.82, 2.24) is 10.6 Å². The predicted molar refractivity (Wildman–Crippen MR) is 109 cm³/mol. The number of furan rings is 1. The highest BCUT2D eigenvalue weighted by molar-refractivity contribution is 7.16. The molecule has 3 heterocycles. The van der Waals surface area contributed by atoms with E-state index in [0.29, 0.717) is 23.4 Å². The summed E-state index contributed by atoms with van der Waals surface area (Å²) in [6, 6.07) is 7.45. The van der Waals surface area contributed by atoms with E-state index in [4.69, 9.17) is 20.8 Å². The number of guanidine groups is 1. The van der Waals surface area contributed by atoms with Gasteiger partial charge in [-0.15, -0.1) is 11.3 Å². The van der Waals surface area contributed by atoms with Crippen molar-refractivity contribution in [3.05, 3.63) is 45.5 Å². The van der Waals surface area contributed by atoms with E-state index < -0.39 is 6.10 Å². The SMILES string of the molecule is OC(CN=C(NCCc1ccco1)NCC1CCCCO1)c1ccc(Cl)s1. The summed E-state index contributed by atoms with van der Waals surface area (Å²) < 4.78 is 11.8. The van der Waals surface area contributed by atoms with E-state index in [0.717, 1.165) is 36.5 Å². The second-order valence-electron chi connectivity index (χ2n) is 6.47. The van der Waals surface area contributed by atoms with Crippen LogP contribution in [0, 0.1) is 0 Å². The van der Waals surface area contributed by atoms with Gasteiger partial charge in [-0.05, 0) is 43.5 Å². The molecule has 0 saturated carbocycles. The molecule has 2 aromatic heterocycles. The second kappa shape index (κ2) is 10.7. The molecule has 3 rings (SSSR count). The smallest absolute Gasteiger partial charge is 0.191 e. The fourth-order valence-electron chi connectivity index (χ4n) is 2.89. The third-order valence-corrected chi connectivity index (χ3v) is 5.69. The minimum absolute atomic E-state index is 0.205. The Balaban J connectivity index is 1.53. The Kier molecular flexibility index (Phi) is 8.01. The third-order valence-electron chi connectivity index (χ3n) is 4.36. The summed E-state index contributed by atoms with van der Waals surface area (Å²) in [5, 5.41) is 17.0. The number of aliphatic hydroxyl groups excluding tert-OH is 1. The van der Waals surface area contributed by atoms with Gasteiger partial charge in [0.25, 0.3) is 0 Å². The zero-order valence-corrected chi connectivity index (χ0v) is 16.8. The first-order valence-electron chi connectivity index (χ1n) is 9.30. The molecule has 1 aliphatic rings. The summed E-state index contributed by atoms with van der Waals surface area (Å²) in [6.45, 7) is 2.47. The van der Waals surface area contributed by atoms with Gasteiger partial charge in [0.05, 0.1) is 23.2 Å². The molecule has 3 N–H and O–H groups in total. The number of hydrogen-bond donors (Lipinski definition) is 3. The van der Waals surface area contributed by atoms with E-state index in [9.17, 15) is 5.11 Å². The molecule has 1 saturated heterocycles. The lowest BCUT2D eigenvalue weighted by Gasteiger charge is -2.24. The third kappa shape index (κ3) is 6.84. The molecule has 2 atom stereocenters. The molecular formula is C19H26ClN3O3S. The maximum atomic E-state index is 10.3. The lowest BCUT2D eigenvalue weighted by Crippen LogP contribution is -2.43. The van der Waals surface area contributed by atoms with Crippen LogP contribution in [0.15, 0.2) is 39.9 Å². The summed E-state index contributed by atoms with van der Waals surface area (Å²) >= 11 is 7.32. The summed E-state index contributed by atoms with van der Waals surface area (Å²) in [5.74, 6) is 1.59. The molecule has 1 fully saturated rings. The van der Waals surface area contributed by atoms with Crippen LogP contribution in [0.4, 0.5) is 0 Å². The van der Waals surface area contributed by atoms with Crippen LogP contribution in [0.25, 0.3) is 0 Å². The van der Waals surface area contributed by atoms with E-state index in [1.165, 1.54) is 17.8 Å². The highest BCUT2D eigenvalue weighted by Crippen LogP contribution is 2.26. The largest absolute Gasteiger partial charge is 0.469 e. The summed E-state index contributed by atoms with van der Waals surface area (Å²) in [5.41, 5.74) is 0. The van der Waals surface area contributed by atoms with Crippen molar-refractivity contribution in [1.29, 1.82) is 0 Å². The van der Waals surface area contributed by atoms with Crippen LogP contribution < -0.4 is 10.6 Å². The van der Waals surface area contributed by atoms with E-state index >= 15 is 0 Å². The Bertz CT molecular complexity index is 699. The van der Waals surface area contributed by atoms with Gasteiger partial charge in [-0.3, -0.25) is 4.99 Å². The quantitative estimate of drug-likeness (QED) is 0.458. The molecule has 2 aromatic rings. The molecule has 1 aliphatic heterocycles. The van der Waals surface area contributed by atoms with E-state index in [1.54, 1.807) is 12.3 Å². The molecule has 27 heavy (non-hydrogen) atoms. The number of hydrogen-bond acceptors (Lipinski definition) is 5. The van der Waals surface area contributed by atoms with Crippen molar-refractivity contribution in [2.24, 2.45) is 4.99 Å². The van der Waals surface area contributed by atoms with Gasteiger partial charge < -0.3 is 24.9 Å². The Morgan fingerprint density at radius 1 is 1.33 bits per heavy atom. The highest BCUT2D eigenvalue weighted by Gasteiger charge is 2.15. The van der Waals surface area contributed by atoms with E-state index in [1.807, 2.05) is 18.2 Å². The van der Waals surface area contributed by atoms with Gasteiger partial charge in [-0.25, -0.2) is 0 Å². The number of nitrogens with zero attached hydrogens (tertiary/aromatic N) is 1. The number of rotatable bonds is 8. The van der Waals surface area contributed by atoms with Crippen molar-refractivity contribution in [3.8, 4) is 0 Å². The minimum atomic E-state index is -0.669. The lowest BCUT2D eigenvalue weighted by molar-refractivity contribution is 0.0194. The van der Waals surface area contributed by atoms with Crippen molar-refractivity contribution >= 4 is 28.9 Å². The number of halogens is 1. The van der Waals surface area contributed by atoms with Crippen molar-refractivity contribution in [3.63, 3.8) is 0 Å². The summed E-state index contributed by atoms with van der Waals surface area (Å²) in [7, 11) is 0. The molecule has 6 nitrogen and oxygen atoms in total. The fourth-order valence-corrected chi connectivity index (χ4v) is 3.93. The Hall–Kier alpha value is -1.54. The van der Waals surface area contributed by atoms with E-state index in [2.05, 4.69) is 15.6 Å². The molecule has 0 bridgehead atoms. The maximum Gasteiger partial charge on any atom is 0.191 e. The van der Waals surface area contributed by atoms with Crippen LogP contribution in [0.2, 0.25) is 4.34 Å². The summed E-state index contributed by atoms with van der Waals surface area (Å²) in [4.78, 5) is 5.35. The minimum Gasteiger partial charge on any atom is -0.469 e. The first-order valence-corrected chi connectivity index (χ1v) is 10.5. The monoisotopic (exact) mass is 411 g/mol. The van der Waals surface area contributed by atoms with Crippen LogP contribution in [0.5, 0.6) is 0 Å². The van der Waals surface area contributed by atoms with Gasteiger partial charge in [0.2, 0.25) is 0 Å². The maximum absolute atomic E-state index is 10.3.